The lowest BCUT2D eigenvalue weighted by Crippen LogP contribution is -2.45. The average molecular weight is 460 g/mol. The van der Waals surface area contributed by atoms with E-state index in [2.05, 4.69) is 21.8 Å². The standard InChI is InChI=1S/C16H18N4O2.2BrH/c1-19-6-8-20(9-7-19)16-17-5-4-13(18-16)12-2-3-14-15(10-12)22-11-21-14;;/h2-5,10H,6-9,11H2,1H3;2*1H. The molecule has 2 aliphatic rings. The van der Waals surface area contributed by atoms with E-state index in [1.54, 1.807) is 0 Å². The lowest BCUT2D eigenvalue weighted by molar-refractivity contribution is 0.174. The molecule has 0 atom stereocenters. The van der Waals surface area contributed by atoms with Gasteiger partial charge in [-0.1, -0.05) is 0 Å². The molecule has 1 aromatic heterocycles. The molecule has 0 aliphatic carbocycles. The number of benzene rings is 1. The van der Waals surface area contributed by atoms with Crippen LogP contribution in [0.2, 0.25) is 0 Å². The van der Waals surface area contributed by atoms with Gasteiger partial charge in [-0.3, -0.25) is 0 Å². The Morgan fingerprint density at radius 3 is 2.50 bits per heavy atom. The van der Waals surface area contributed by atoms with E-state index in [9.17, 15) is 0 Å². The first-order chi connectivity index (χ1) is 10.8. The topological polar surface area (TPSA) is 50.7 Å². The fourth-order valence-electron chi connectivity index (χ4n) is 2.72. The largest absolute Gasteiger partial charge is 0.454 e. The van der Waals surface area contributed by atoms with Crippen molar-refractivity contribution in [3.8, 4) is 22.8 Å². The number of nitrogens with zero attached hydrogens (tertiary/aromatic N) is 4. The molecule has 0 radical (unpaired) electrons. The van der Waals surface area contributed by atoms with Crippen LogP contribution < -0.4 is 14.4 Å². The Kier molecular flexibility index (Phi) is 6.42. The summed E-state index contributed by atoms with van der Waals surface area (Å²) in [6.45, 7) is 4.28. The summed E-state index contributed by atoms with van der Waals surface area (Å²) < 4.78 is 10.8. The minimum Gasteiger partial charge on any atom is -0.454 e. The zero-order valence-corrected chi connectivity index (χ0v) is 16.8. The van der Waals surface area contributed by atoms with Crippen molar-refractivity contribution in [3.05, 3.63) is 30.5 Å². The normalized spacial score (nSPS) is 16.3. The Morgan fingerprint density at radius 2 is 1.71 bits per heavy atom. The first kappa shape index (κ1) is 19.0. The number of anilines is 1. The Balaban J connectivity index is 0.00000104. The highest BCUT2D eigenvalue weighted by Crippen LogP contribution is 2.35. The smallest absolute Gasteiger partial charge is 0.231 e. The van der Waals surface area contributed by atoms with Gasteiger partial charge in [0.2, 0.25) is 12.7 Å². The number of piperazine rings is 1. The molecule has 0 saturated carbocycles. The van der Waals surface area contributed by atoms with Crippen LogP contribution in [0.1, 0.15) is 0 Å². The number of halogens is 2. The molecule has 24 heavy (non-hydrogen) atoms. The van der Waals surface area contributed by atoms with Crippen LogP contribution in [0.25, 0.3) is 11.3 Å². The average Bonchev–Trinajstić information content (AvgIpc) is 3.03. The minimum absolute atomic E-state index is 0. The van der Waals surface area contributed by atoms with Crippen molar-refractivity contribution < 1.29 is 9.47 Å². The molecule has 0 bridgehead atoms. The van der Waals surface area contributed by atoms with E-state index in [1.165, 1.54) is 0 Å². The van der Waals surface area contributed by atoms with Gasteiger partial charge in [0.25, 0.3) is 0 Å². The molecular formula is C16H20Br2N4O2. The molecule has 1 aromatic carbocycles. The number of rotatable bonds is 2. The van der Waals surface area contributed by atoms with Crippen LogP contribution in [0.5, 0.6) is 11.5 Å². The first-order valence-electron chi connectivity index (χ1n) is 7.46. The van der Waals surface area contributed by atoms with Crippen molar-refractivity contribution in [2.45, 2.75) is 0 Å². The van der Waals surface area contributed by atoms with Crippen LogP contribution in [-0.2, 0) is 0 Å². The summed E-state index contributed by atoms with van der Waals surface area (Å²) in [5.74, 6) is 2.36. The molecule has 1 fully saturated rings. The molecule has 130 valence electrons. The molecule has 4 rings (SSSR count). The van der Waals surface area contributed by atoms with Crippen LogP contribution in [0.3, 0.4) is 0 Å². The Labute approximate surface area is 162 Å². The first-order valence-corrected chi connectivity index (χ1v) is 7.46. The highest BCUT2D eigenvalue weighted by Gasteiger charge is 2.18. The molecule has 2 aromatic rings. The quantitative estimate of drug-likeness (QED) is 0.688. The zero-order valence-electron chi connectivity index (χ0n) is 13.3. The predicted octanol–water partition coefficient (Wildman–Crippen LogP) is 2.78. The second kappa shape index (κ2) is 8.13. The van der Waals surface area contributed by atoms with E-state index in [4.69, 9.17) is 14.5 Å². The fourth-order valence-corrected chi connectivity index (χ4v) is 2.72. The molecule has 0 spiro atoms. The summed E-state index contributed by atoms with van der Waals surface area (Å²) in [7, 11) is 2.14. The number of fused-ring (bicyclic) bond motifs is 1. The van der Waals surface area contributed by atoms with Crippen molar-refractivity contribution in [2.24, 2.45) is 0 Å². The van der Waals surface area contributed by atoms with Crippen LogP contribution in [0.4, 0.5) is 5.95 Å². The molecule has 8 heteroatoms. The molecular weight excluding hydrogens is 440 g/mol. The SMILES string of the molecule is Br.Br.CN1CCN(c2nccc(-c3ccc4c(c3)OCO4)n2)CC1. The number of likely N-dealkylation sites (N-methyl/N-ethyl adjacent to an activating group) is 1. The van der Waals surface area contributed by atoms with Gasteiger partial charge in [-0.2, -0.15) is 0 Å². The summed E-state index contributed by atoms with van der Waals surface area (Å²) in [5, 5.41) is 0. The molecule has 0 amide bonds. The molecule has 1 saturated heterocycles. The van der Waals surface area contributed by atoms with Crippen molar-refractivity contribution in [1.82, 2.24) is 14.9 Å². The number of hydrogen-bond donors (Lipinski definition) is 0. The third-order valence-electron chi connectivity index (χ3n) is 4.10. The Morgan fingerprint density at radius 1 is 0.958 bits per heavy atom. The van der Waals surface area contributed by atoms with Crippen molar-refractivity contribution in [3.63, 3.8) is 0 Å². The maximum atomic E-state index is 5.44. The van der Waals surface area contributed by atoms with Gasteiger partial charge in [0.1, 0.15) is 0 Å². The maximum Gasteiger partial charge on any atom is 0.231 e. The van der Waals surface area contributed by atoms with Crippen LogP contribution in [-0.4, -0.2) is 54.9 Å². The predicted molar refractivity (Wildman–Crippen MR) is 104 cm³/mol. The van der Waals surface area contributed by atoms with Crippen molar-refractivity contribution >= 4 is 39.9 Å². The Bertz CT molecular complexity index is 694. The summed E-state index contributed by atoms with van der Waals surface area (Å²) >= 11 is 0. The molecule has 6 nitrogen and oxygen atoms in total. The van der Waals surface area contributed by atoms with Gasteiger partial charge in [-0.05, 0) is 31.3 Å². The van der Waals surface area contributed by atoms with E-state index < -0.39 is 0 Å². The van der Waals surface area contributed by atoms with E-state index in [0.29, 0.717) is 0 Å². The third-order valence-corrected chi connectivity index (χ3v) is 4.10. The van der Waals surface area contributed by atoms with Gasteiger partial charge in [-0.25, -0.2) is 9.97 Å². The van der Waals surface area contributed by atoms with Gasteiger partial charge < -0.3 is 19.3 Å². The number of aromatic nitrogens is 2. The van der Waals surface area contributed by atoms with Crippen molar-refractivity contribution in [1.29, 1.82) is 0 Å². The number of ether oxygens (including phenoxy) is 2. The molecule has 0 unspecified atom stereocenters. The summed E-state index contributed by atoms with van der Waals surface area (Å²) in [4.78, 5) is 13.7. The van der Waals surface area contributed by atoms with Gasteiger partial charge in [0.05, 0.1) is 5.69 Å². The summed E-state index contributed by atoms with van der Waals surface area (Å²) in [6, 6.07) is 7.83. The second-order valence-corrected chi connectivity index (χ2v) is 5.60. The lowest BCUT2D eigenvalue weighted by atomic mass is 10.1. The highest BCUT2D eigenvalue weighted by molar-refractivity contribution is 8.93. The molecule has 2 aliphatic heterocycles. The van der Waals surface area contributed by atoms with Crippen LogP contribution in [0, 0.1) is 0 Å². The van der Waals surface area contributed by atoms with Gasteiger partial charge in [0.15, 0.2) is 11.5 Å². The molecule has 0 N–H and O–H groups in total. The van der Waals surface area contributed by atoms with E-state index >= 15 is 0 Å². The van der Waals surface area contributed by atoms with Crippen molar-refractivity contribution in [2.75, 3.05) is 44.9 Å². The monoisotopic (exact) mass is 458 g/mol. The maximum absolute atomic E-state index is 5.44. The van der Waals surface area contributed by atoms with Crippen LogP contribution in [0.15, 0.2) is 30.5 Å². The van der Waals surface area contributed by atoms with Crippen LogP contribution >= 0.6 is 34.0 Å². The zero-order chi connectivity index (χ0) is 14.9. The summed E-state index contributed by atoms with van der Waals surface area (Å²) in [6.07, 6.45) is 1.82. The second-order valence-electron chi connectivity index (χ2n) is 5.60. The molecule has 3 heterocycles. The van der Waals surface area contributed by atoms with E-state index in [-0.39, 0.29) is 40.8 Å². The minimum atomic E-state index is 0. The van der Waals surface area contributed by atoms with E-state index in [0.717, 1.165) is 54.9 Å². The lowest BCUT2D eigenvalue weighted by Gasteiger charge is -2.32. The van der Waals surface area contributed by atoms with Gasteiger partial charge >= 0.3 is 0 Å². The van der Waals surface area contributed by atoms with Gasteiger partial charge in [-0.15, -0.1) is 34.0 Å². The highest BCUT2D eigenvalue weighted by atomic mass is 79.9. The fraction of sp³-hybridized carbons (Fsp3) is 0.375. The number of hydrogen-bond acceptors (Lipinski definition) is 6. The Hall–Kier alpha value is -1.38. The van der Waals surface area contributed by atoms with Gasteiger partial charge in [0, 0.05) is 37.9 Å². The third kappa shape index (κ3) is 3.81. The van der Waals surface area contributed by atoms with E-state index in [1.807, 2.05) is 30.5 Å². The summed E-state index contributed by atoms with van der Waals surface area (Å²) in [5.41, 5.74) is 1.92.